The third-order valence-corrected chi connectivity index (χ3v) is 6.87. The Morgan fingerprint density at radius 2 is 2.08 bits per heavy atom. The van der Waals surface area contributed by atoms with E-state index in [0.29, 0.717) is 36.9 Å². The summed E-state index contributed by atoms with van der Waals surface area (Å²) >= 11 is 12.0. The number of hydrogen-bond acceptors (Lipinski definition) is 3. The molecule has 8 heteroatoms. The van der Waals surface area contributed by atoms with Crippen molar-refractivity contribution in [1.82, 2.24) is 9.62 Å². The first-order valence-corrected chi connectivity index (χ1v) is 10.6. The third kappa shape index (κ3) is 5.33. The van der Waals surface area contributed by atoms with E-state index in [0.717, 1.165) is 6.42 Å². The maximum absolute atomic E-state index is 12.9. The molecule has 1 saturated heterocycles. The van der Waals surface area contributed by atoms with Gasteiger partial charge in [0.2, 0.25) is 15.9 Å². The van der Waals surface area contributed by atoms with Gasteiger partial charge >= 0.3 is 0 Å². The van der Waals surface area contributed by atoms with Gasteiger partial charge in [0.05, 0.1) is 10.9 Å². The zero-order valence-electron chi connectivity index (χ0n) is 14.5. The second-order valence-electron chi connectivity index (χ2n) is 6.75. The number of hydrogen-bond donors (Lipinski definition) is 1. The zero-order valence-corrected chi connectivity index (χ0v) is 16.8. The number of carbonyl (C=O) groups is 1. The van der Waals surface area contributed by atoms with Crippen molar-refractivity contribution in [1.29, 1.82) is 0 Å². The van der Waals surface area contributed by atoms with Crippen LogP contribution >= 0.6 is 23.2 Å². The van der Waals surface area contributed by atoms with Crippen LogP contribution in [0.3, 0.4) is 0 Å². The quantitative estimate of drug-likeness (QED) is 0.784. The second-order valence-corrected chi connectivity index (χ2v) is 9.50. The van der Waals surface area contributed by atoms with Crippen LogP contribution in [0.2, 0.25) is 10.0 Å². The second kappa shape index (κ2) is 8.71. The minimum atomic E-state index is -3.78. The molecule has 0 unspecified atom stereocenters. The Morgan fingerprint density at radius 3 is 2.76 bits per heavy atom. The molecule has 0 spiro atoms. The molecule has 1 aliphatic rings. The van der Waals surface area contributed by atoms with Crippen LogP contribution in [-0.2, 0) is 14.8 Å². The van der Waals surface area contributed by atoms with Gasteiger partial charge < -0.3 is 5.32 Å². The molecule has 1 amide bonds. The number of halogens is 2. The SMILES string of the molecule is CC(C)CCNC(=O)[C@@H]1CCCN(S(=O)(=O)c2cc(Cl)ccc2Cl)C1. The van der Waals surface area contributed by atoms with Gasteiger partial charge in [-0.15, -0.1) is 0 Å². The minimum absolute atomic E-state index is 0.0115. The number of benzene rings is 1. The summed E-state index contributed by atoms with van der Waals surface area (Å²) < 4.78 is 27.1. The van der Waals surface area contributed by atoms with Crippen LogP contribution in [0.4, 0.5) is 0 Å². The van der Waals surface area contributed by atoms with E-state index in [1.54, 1.807) is 6.07 Å². The molecule has 1 aromatic rings. The molecule has 0 saturated carbocycles. The standard InChI is InChI=1S/C17H24Cl2N2O3S/c1-12(2)7-8-20-17(22)13-4-3-9-21(11-13)25(23,24)16-10-14(18)5-6-15(16)19/h5-6,10,12-13H,3-4,7-9,11H2,1-2H3,(H,20,22)/t13-/m1/s1. The normalized spacial score (nSPS) is 19.2. The third-order valence-electron chi connectivity index (χ3n) is 4.29. The van der Waals surface area contributed by atoms with Gasteiger partial charge in [-0.1, -0.05) is 37.0 Å². The van der Waals surface area contributed by atoms with Gasteiger partial charge in [-0.2, -0.15) is 4.31 Å². The van der Waals surface area contributed by atoms with E-state index in [-0.39, 0.29) is 28.3 Å². The monoisotopic (exact) mass is 406 g/mol. The number of piperidine rings is 1. The van der Waals surface area contributed by atoms with E-state index in [2.05, 4.69) is 19.2 Å². The summed E-state index contributed by atoms with van der Waals surface area (Å²) in [6.07, 6.45) is 2.22. The molecule has 1 N–H and O–H groups in total. The van der Waals surface area contributed by atoms with Crippen molar-refractivity contribution in [3.63, 3.8) is 0 Å². The predicted octanol–water partition coefficient (Wildman–Crippen LogP) is 3.56. The highest BCUT2D eigenvalue weighted by molar-refractivity contribution is 7.89. The van der Waals surface area contributed by atoms with E-state index in [9.17, 15) is 13.2 Å². The smallest absolute Gasteiger partial charge is 0.244 e. The van der Waals surface area contributed by atoms with Crippen LogP contribution in [0.25, 0.3) is 0 Å². The zero-order chi connectivity index (χ0) is 18.6. The summed E-state index contributed by atoms with van der Waals surface area (Å²) in [5, 5.41) is 3.35. The average Bonchev–Trinajstić information content (AvgIpc) is 2.56. The fraction of sp³-hybridized carbons (Fsp3) is 0.588. The fourth-order valence-corrected chi connectivity index (χ4v) is 5.08. The topological polar surface area (TPSA) is 66.5 Å². The lowest BCUT2D eigenvalue weighted by Crippen LogP contribution is -2.45. The van der Waals surface area contributed by atoms with Gasteiger partial charge in [0.1, 0.15) is 4.90 Å². The lowest BCUT2D eigenvalue weighted by atomic mass is 9.98. The Labute approximate surface area is 159 Å². The van der Waals surface area contributed by atoms with Crippen LogP contribution in [0.15, 0.2) is 23.1 Å². The molecule has 25 heavy (non-hydrogen) atoms. The Morgan fingerprint density at radius 1 is 1.36 bits per heavy atom. The van der Waals surface area contributed by atoms with Crippen LogP contribution in [0, 0.1) is 11.8 Å². The molecule has 0 aromatic heterocycles. The van der Waals surface area contributed by atoms with Gasteiger partial charge in [0, 0.05) is 24.7 Å². The summed E-state index contributed by atoms with van der Waals surface area (Å²) in [5.41, 5.74) is 0. The predicted molar refractivity (Wildman–Crippen MR) is 100 cm³/mol. The average molecular weight is 407 g/mol. The summed E-state index contributed by atoms with van der Waals surface area (Å²) in [5.74, 6) is 0.0832. The molecular formula is C17H24Cl2N2O3S. The number of nitrogens with one attached hydrogen (secondary N) is 1. The highest BCUT2D eigenvalue weighted by Gasteiger charge is 2.34. The van der Waals surface area contributed by atoms with Gasteiger partial charge in [-0.05, 0) is 43.4 Å². The highest BCUT2D eigenvalue weighted by atomic mass is 35.5. The molecule has 0 aliphatic carbocycles. The molecule has 1 fully saturated rings. The van der Waals surface area contributed by atoms with E-state index in [1.165, 1.54) is 16.4 Å². The van der Waals surface area contributed by atoms with Crippen LogP contribution in [0.5, 0.6) is 0 Å². The van der Waals surface area contributed by atoms with Crippen molar-refractivity contribution in [2.45, 2.75) is 38.0 Å². The Kier molecular flexibility index (Phi) is 7.14. The van der Waals surface area contributed by atoms with Crippen molar-refractivity contribution in [2.24, 2.45) is 11.8 Å². The fourth-order valence-electron chi connectivity index (χ4n) is 2.82. The van der Waals surface area contributed by atoms with Crippen LogP contribution < -0.4 is 5.32 Å². The minimum Gasteiger partial charge on any atom is -0.356 e. The molecule has 1 heterocycles. The molecule has 0 radical (unpaired) electrons. The van der Waals surface area contributed by atoms with Gasteiger partial charge in [-0.3, -0.25) is 4.79 Å². The van der Waals surface area contributed by atoms with Gasteiger partial charge in [-0.25, -0.2) is 8.42 Å². The number of sulfonamides is 1. The largest absolute Gasteiger partial charge is 0.356 e. The van der Waals surface area contributed by atoms with Gasteiger partial charge in [0.15, 0.2) is 0 Å². The number of carbonyl (C=O) groups excluding carboxylic acids is 1. The van der Waals surface area contributed by atoms with Crippen LogP contribution in [-0.4, -0.2) is 38.3 Å². The van der Waals surface area contributed by atoms with Crippen molar-refractivity contribution < 1.29 is 13.2 Å². The molecule has 1 aromatic carbocycles. The first kappa shape index (κ1) is 20.5. The first-order chi connectivity index (χ1) is 11.7. The number of nitrogens with zero attached hydrogens (tertiary/aromatic N) is 1. The summed E-state index contributed by atoms with van der Waals surface area (Å²) in [6, 6.07) is 4.37. The highest BCUT2D eigenvalue weighted by Crippen LogP contribution is 2.30. The number of amides is 1. The summed E-state index contributed by atoms with van der Waals surface area (Å²) in [6.45, 7) is 5.34. The Balaban J connectivity index is 2.09. The maximum atomic E-state index is 12.9. The lowest BCUT2D eigenvalue weighted by Gasteiger charge is -2.31. The van der Waals surface area contributed by atoms with Gasteiger partial charge in [0.25, 0.3) is 0 Å². The molecule has 140 valence electrons. The molecule has 0 bridgehead atoms. The van der Waals surface area contributed by atoms with E-state index in [1.807, 2.05) is 0 Å². The van der Waals surface area contributed by atoms with Crippen molar-refractivity contribution >= 4 is 39.1 Å². The molecule has 1 aliphatic heterocycles. The Bertz CT molecular complexity index is 723. The van der Waals surface area contributed by atoms with E-state index in [4.69, 9.17) is 23.2 Å². The maximum Gasteiger partial charge on any atom is 0.244 e. The number of rotatable bonds is 6. The summed E-state index contributed by atoms with van der Waals surface area (Å²) in [7, 11) is -3.78. The lowest BCUT2D eigenvalue weighted by molar-refractivity contribution is -0.126. The van der Waals surface area contributed by atoms with Crippen molar-refractivity contribution in [3.8, 4) is 0 Å². The van der Waals surface area contributed by atoms with Crippen molar-refractivity contribution in [2.75, 3.05) is 19.6 Å². The molecule has 2 rings (SSSR count). The molecular weight excluding hydrogens is 383 g/mol. The van der Waals surface area contributed by atoms with Crippen molar-refractivity contribution in [3.05, 3.63) is 28.2 Å². The molecule has 1 atom stereocenters. The van der Waals surface area contributed by atoms with E-state index >= 15 is 0 Å². The molecule has 5 nitrogen and oxygen atoms in total. The Hall–Kier alpha value is -0.820. The first-order valence-electron chi connectivity index (χ1n) is 8.44. The van der Waals surface area contributed by atoms with Crippen LogP contribution in [0.1, 0.15) is 33.1 Å². The summed E-state index contributed by atoms with van der Waals surface area (Å²) in [4.78, 5) is 12.3. The van der Waals surface area contributed by atoms with E-state index < -0.39 is 10.0 Å².